The fourth-order valence-electron chi connectivity index (χ4n) is 2.17. The Morgan fingerprint density at radius 1 is 1.20 bits per heavy atom. The van der Waals surface area contributed by atoms with Crippen LogP contribution in [-0.4, -0.2) is 81.3 Å². The van der Waals surface area contributed by atoms with Gasteiger partial charge in [0.2, 0.25) is 0 Å². The third-order valence-corrected chi connectivity index (χ3v) is 3.52. The van der Waals surface area contributed by atoms with Crippen LogP contribution in [0.5, 0.6) is 0 Å². The van der Waals surface area contributed by atoms with E-state index in [4.69, 9.17) is 14.2 Å². The molecule has 1 unspecified atom stereocenters. The molecule has 0 aromatic rings. The number of rotatable bonds is 10. The SMILES string of the molecule is CC(=O)OC(COCCC(F)(F)C(F)(F)C(F)F)CN1CCOCC1. The molecule has 0 aliphatic carbocycles. The standard InChI is InChI=1S/C14H21F6NO4/c1-10(22)25-11(8-21-3-6-23-7-4-21)9-24-5-2-13(17,18)14(19,20)12(15)16/h11-12H,2-9H2,1H3. The first kappa shape index (κ1) is 22.0. The van der Waals surface area contributed by atoms with Crippen molar-refractivity contribution in [1.29, 1.82) is 0 Å². The lowest BCUT2D eigenvalue weighted by Gasteiger charge is -2.30. The summed E-state index contributed by atoms with van der Waals surface area (Å²) < 4.78 is 90.8. The van der Waals surface area contributed by atoms with E-state index < -0.39 is 43.4 Å². The van der Waals surface area contributed by atoms with Gasteiger partial charge in [-0.15, -0.1) is 0 Å². The van der Waals surface area contributed by atoms with Crippen molar-refractivity contribution in [1.82, 2.24) is 4.90 Å². The molecule has 11 heteroatoms. The quantitative estimate of drug-likeness (QED) is 0.330. The van der Waals surface area contributed by atoms with Crippen LogP contribution in [0.25, 0.3) is 0 Å². The Morgan fingerprint density at radius 3 is 2.32 bits per heavy atom. The molecule has 0 amide bonds. The number of hydrogen-bond donors (Lipinski definition) is 0. The molecule has 1 saturated heterocycles. The molecule has 1 aliphatic heterocycles. The van der Waals surface area contributed by atoms with Gasteiger partial charge < -0.3 is 14.2 Å². The number of halogens is 6. The van der Waals surface area contributed by atoms with Gasteiger partial charge in [-0.25, -0.2) is 8.78 Å². The van der Waals surface area contributed by atoms with Crippen molar-refractivity contribution >= 4 is 5.97 Å². The summed E-state index contributed by atoms with van der Waals surface area (Å²) >= 11 is 0. The van der Waals surface area contributed by atoms with Crippen LogP contribution < -0.4 is 0 Å². The van der Waals surface area contributed by atoms with Gasteiger partial charge in [0.05, 0.1) is 26.4 Å². The number of alkyl halides is 6. The summed E-state index contributed by atoms with van der Waals surface area (Å²) in [5.74, 6) is -10.9. The zero-order chi connectivity index (χ0) is 19.1. The normalized spacial score (nSPS) is 18.4. The highest BCUT2D eigenvalue weighted by Gasteiger charge is 2.62. The van der Waals surface area contributed by atoms with E-state index in [1.807, 2.05) is 4.90 Å². The van der Waals surface area contributed by atoms with E-state index in [1.54, 1.807) is 0 Å². The van der Waals surface area contributed by atoms with E-state index in [0.717, 1.165) is 6.92 Å². The van der Waals surface area contributed by atoms with E-state index in [2.05, 4.69) is 0 Å². The molecule has 25 heavy (non-hydrogen) atoms. The topological polar surface area (TPSA) is 48.0 Å². The van der Waals surface area contributed by atoms with Gasteiger partial charge in [0.1, 0.15) is 6.10 Å². The molecule has 5 nitrogen and oxygen atoms in total. The molecular formula is C14H21F6NO4. The fourth-order valence-corrected chi connectivity index (χ4v) is 2.17. The van der Waals surface area contributed by atoms with E-state index >= 15 is 0 Å². The molecule has 1 rings (SSSR count). The number of esters is 1. The predicted octanol–water partition coefficient (Wildman–Crippen LogP) is 2.19. The minimum absolute atomic E-state index is 0.256. The number of hydrogen-bond acceptors (Lipinski definition) is 5. The van der Waals surface area contributed by atoms with E-state index in [1.165, 1.54) is 0 Å². The van der Waals surface area contributed by atoms with Crippen molar-refractivity contribution in [2.45, 2.75) is 37.7 Å². The molecule has 1 heterocycles. The second kappa shape index (κ2) is 9.58. The van der Waals surface area contributed by atoms with E-state index in [0.29, 0.717) is 26.3 Å². The molecule has 0 saturated carbocycles. The summed E-state index contributed by atoms with van der Waals surface area (Å²) in [5.41, 5.74) is 0. The number of carbonyl (C=O) groups excluding carboxylic acids is 1. The molecule has 0 spiro atoms. The van der Waals surface area contributed by atoms with Gasteiger partial charge in [-0.05, 0) is 0 Å². The van der Waals surface area contributed by atoms with Crippen LogP contribution in [0.1, 0.15) is 13.3 Å². The highest BCUT2D eigenvalue weighted by atomic mass is 19.3. The number of ether oxygens (including phenoxy) is 3. The molecule has 0 aromatic carbocycles. The second-order valence-corrected chi connectivity index (χ2v) is 5.60. The van der Waals surface area contributed by atoms with Crippen LogP contribution in [0.15, 0.2) is 0 Å². The number of carbonyl (C=O) groups is 1. The molecule has 0 bridgehead atoms. The maximum atomic E-state index is 13.1. The van der Waals surface area contributed by atoms with Crippen molar-refractivity contribution in [3.63, 3.8) is 0 Å². The zero-order valence-electron chi connectivity index (χ0n) is 13.7. The molecule has 1 aliphatic rings. The average molecular weight is 381 g/mol. The van der Waals surface area contributed by atoms with Crippen LogP contribution in [0.3, 0.4) is 0 Å². The highest BCUT2D eigenvalue weighted by molar-refractivity contribution is 5.66. The third-order valence-electron chi connectivity index (χ3n) is 3.52. The van der Waals surface area contributed by atoms with E-state index in [-0.39, 0.29) is 13.2 Å². The second-order valence-electron chi connectivity index (χ2n) is 5.60. The van der Waals surface area contributed by atoms with Gasteiger partial charge in [-0.3, -0.25) is 9.69 Å². The van der Waals surface area contributed by atoms with E-state index in [9.17, 15) is 31.1 Å². The molecule has 0 N–H and O–H groups in total. The third kappa shape index (κ3) is 6.98. The van der Waals surface area contributed by atoms with Crippen molar-refractivity contribution in [2.24, 2.45) is 0 Å². The monoisotopic (exact) mass is 381 g/mol. The number of nitrogens with zero attached hydrogens (tertiary/aromatic N) is 1. The zero-order valence-corrected chi connectivity index (χ0v) is 13.7. The summed E-state index contributed by atoms with van der Waals surface area (Å²) in [5, 5.41) is 0. The lowest BCUT2D eigenvalue weighted by atomic mass is 10.1. The Morgan fingerprint density at radius 2 is 1.80 bits per heavy atom. The van der Waals surface area contributed by atoms with Crippen molar-refractivity contribution in [3.8, 4) is 0 Å². The Labute approximate surface area is 141 Å². The maximum Gasteiger partial charge on any atom is 0.369 e. The first-order chi connectivity index (χ1) is 11.6. The Balaban J connectivity index is 2.44. The van der Waals surface area contributed by atoms with Crippen molar-refractivity contribution < 1.29 is 45.3 Å². The molecular weight excluding hydrogens is 360 g/mol. The largest absolute Gasteiger partial charge is 0.459 e. The van der Waals surface area contributed by atoms with Crippen LogP contribution in [0.4, 0.5) is 26.3 Å². The summed E-state index contributed by atoms with van der Waals surface area (Å²) in [6.07, 6.45) is -6.84. The van der Waals surface area contributed by atoms with Crippen LogP contribution in [0, 0.1) is 0 Å². The Kier molecular flexibility index (Phi) is 8.42. The minimum Gasteiger partial charge on any atom is -0.459 e. The summed E-state index contributed by atoms with van der Waals surface area (Å²) in [6.45, 7) is 2.36. The van der Waals surface area contributed by atoms with Gasteiger partial charge in [0.15, 0.2) is 0 Å². The first-order valence-corrected chi connectivity index (χ1v) is 7.65. The van der Waals surface area contributed by atoms with Crippen molar-refractivity contribution in [2.75, 3.05) is 46.1 Å². The average Bonchev–Trinajstić information content (AvgIpc) is 2.51. The Bertz CT molecular complexity index is 418. The van der Waals surface area contributed by atoms with Gasteiger partial charge >= 0.3 is 24.2 Å². The summed E-state index contributed by atoms with van der Waals surface area (Å²) in [7, 11) is 0. The lowest BCUT2D eigenvalue weighted by Crippen LogP contribution is -2.47. The van der Waals surface area contributed by atoms with Crippen LogP contribution in [0.2, 0.25) is 0 Å². The van der Waals surface area contributed by atoms with Crippen LogP contribution in [-0.2, 0) is 19.0 Å². The van der Waals surface area contributed by atoms with Gasteiger partial charge in [0.25, 0.3) is 0 Å². The molecule has 1 atom stereocenters. The summed E-state index contributed by atoms with van der Waals surface area (Å²) in [6, 6.07) is 0. The highest BCUT2D eigenvalue weighted by Crippen LogP contribution is 2.41. The minimum atomic E-state index is -5.43. The van der Waals surface area contributed by atoms with Gasteiger partial charge in [-0.2, -0.15) is 17.6 Å². The fraction of sp³-hybridized carbons (Fsp3) is 0.929. The molecule has 0 aromatic heterocycles. The summed E-state index contributed by atoms with van der Waals surface area (Å²) in [4.78, 5) is 13.0. The maximum absolute atomic E-state index is 13.1. The van der Waals surface area contributed by atoms with Crippen LogP contribution >= 0.6 is 0 Å². The molecule has 1 fully saturated rings. The van der Waals surface area contributed by atoms with Gasteiger partial charge in [-0.1, -0.05) is 0 Å². The van der Waals surface area contributed by atoms with Gasteiger partial charge in [0, 0.05) is 33.0 Å². The first-order valence-electron chi connectivity index (χ1n) is 7.65. The van der Waals surface area contributed by atoms with Crippen molar-refractivity contribution in [3.05, 3.63) is 0 Å². The predicted molar refractivity (Wildman–Crippen MR) is 74.1 cm³/mol. The Hall–Kier alpha value is -1.07. The molecule has 148 valence electrons. The lowest BCUT2D eigenvalue weighted by molar-refractivity contribution is -0.268. The number of morpholine rings is 1. The molecule has 0 radical (unpaired) electrons. The smallest absolute Gasteiger partial charge is 0.369 e.